The van der Waals surface area contributed by atoms with Crippen molar-refractivity contribution < 1.29 is 4.79 Å². The van der Waals surface area contributed by atoms with E-state index in [1.54, 1.807) is 18.0 Å². The van der Waals surface area contributed by atoms with Crippen LogP contribution in [0.15, 0.2) is 6.07 Å². The van der Waals surface area contributed by atoms with E-state index in [0.717, 1.165) is 5.69 Å². The van der Waals surface area contributed by atoms with E-state index in [2.05, 4.69) is 10.2 Å². The Morgan fingerprint density at radius 2 is 2.42 bits per heavy atom. The van der Waals surface area contributed by atoms with Crippen molar-refractivity contribution >= 4 is 5.91 Å². The first-order chi connectivity index (χ1) is 5.65. The molecule has 1 amide bonds. The molecule has 1 aromatic heterocycles. The fourth-order valence-corrected chi connectivity index (χ4v) is 0.867. The van der Waals surface area contributed by atoms with E-state index in [0.29, 0.717) is 12.2 Å². The largest absolute Gasteiger partial charge is 0.341 e. The Kier molecular flexibility index (Phi) is 2.47. The van der Waals surface area contributed by atoms with Gasteiger partial charge in [-0.25, -0.2) is 0 Å². The van der Waals surface area contributed by atoms with Crippen LogP contribution < -0.4 is 0 Å². The van der Waals surface area contributed by atoms with Crippen molar-refractivity contribution in [3.63, 3.8) is 0 Å². The summed E-state index contributed by atoms with van der Waals surface area (Å²) in [6, 6.07) is 1.74. The lowest BCUT2D eigenvalue weighted by atomic mass is 10.3. The Labute approximate surface area is 71.6 Å². The number of aryl methyl sites for hydroxylation is 1. The molecular weight excluding hydrogens is 154 g/mol. The van der Waals surface area contributed by atoms with Gasteiger partial charge in [-0.15, -0.1) is 0 Å². The molecule has 4 heteroatoms. The smallest absolute Gasteiger partial charge is 0.274 e. The maximum atomic E-state index is 11.4. The third kappa shape index (κ3) is 1.64. The Morgan fingerprint density at radius 3 is 2.83 bits per heavy atom. The molecule has 12 heavy (non-hydrogen) atoms. The fourth-order valence-electron chi connectivity index (χ4n) is 0.867. The van der Waals surface area contributed by atoms with Crippen molar-refractivity contribution in [2.45, 2.75) is 13.8 Å². The summed E-state index contributed by atoms with van der Waals surface area (Å²) in [5.74, 6) is -0.0400. The van der Waals surface area contributed by atoms with Gasteiger partial charge in [0.2, 0.25) is 0 Å². The third-order valence-corrected chi connectivity index (χ3v) is 1.75. The number of amides is 1. The molecular formula is C8H13N3O. The van der Waals surface area contributed by atoms with E-state index in [-0.39, 0.29) is 5.91 Å². The van der Waals surface area contributed by atoms with Crippen molar-refractivity contribution in [2.24, 2.45) is 0 Å². The quantitative estimate of drug-likeness (QED) is 0.708. The SMILES string of the molecule is CCN(C)C(=O)c1cc(C)[nH]n1. The van der Waals surface area contributed by atoms with Gasteiger partial charge in [-0.05, 0) is 19.9 Å². The number of nitrogens with zero attached hydrogens (tertiary/aromatic N) is 2. The molecule has 0 aliphatic carbocycles. The number of carbonyl (C=O) groups is 1. The Morgan fingerprint density at radius 1 is 1.75 bits per heavy atom. The lowest BCUT2D eigenvalue weighted by molar-refractivity contribution is 0.0796. The van der Waals surface area contributed by atoms with Crippen molar-refractivity contribution in [3.05, 3.63) is 17.5 Å². The summed E-state index contributed by atoms with van der Waals surface area (Å²) in [6.45, 7) is 4.50. The highest BCUT2D eigenvalue weighted by atomic mass is 16.2. The minimum absolute atomic E-state index is 0.0400. The van der Waals surface area contributed by atoms with Gasteiger partial charge < -0.3 is 4.90 Å². The van der Waals surface area contributed by atoms with Crippen LogP contribution in [0.5, 0.6) is 0 Å². The second-order valence-electron chi connectivity index (χ2n) is 2.76. The molecule has 0 saturated carbocycles. The number of carbonyl (C=O) groups excluding carboxylic acids is 1. The van der Waals surface area contributed by atoms with Gasteiger partial charge in [0.05, 0.1) is 0 Å². The van der Waals surface area contributed by atoms with Crippen molar-refractivity contribution in [1.29, 1.82) is 0 Å². The average molecular weight is 167 g/mol. The summed E-state index contributed by atoms with van der Waals surface area (Å²) in [4.78, 5) is 13.1. The highest BCUT2D eigenvalue weighted by Crippen LogP contribution is 2.00. The summed E-state index contributed by atoms with van der Waals surface area (Å²) in [5.41, 5.74) is 1.39. The third-order valence-electron chi connectivity index (χ3n) is 1.75. The molecule has 1 aromatic rings. The summed E-state index contributed by atoms with van der Waals surface area (Å²) in [6.07, 6.45) is 0. The van der Waals surface area contributed by atoms with Crippen LogP contribution in [0, 0.1) is 6.92 Å². The molecule has 1 heterocycles. The summed E-state index contributed by atoms with van der Waals surface area (Å²) in [7, 11) is 1.76. The molecule has 4 nitrogen and oxygen atoms in total. The van der Waals surface area contributed by atoms with Crippen LogP contribution in [0.4, 0.5) is 0 Å². The van der Waals surface area contributed by atoms with Crippen molar-refractivity contribution in [1.82, 2.24) is 15.1 Å². The van der Waals surface area contributed by atoms with Gasteiger partial charge in [-0.3, -0.25) is 9.89 Å². The topological polar surface area (TPSA) is 49.0 Å². The predicted molar refractivity (Wildman–Crippen MR) is 46.0 cm³/mol. The molecule has 0 spiro atoms. The second-order valence-corrected chi connectivity index (χ2v) is 2.76. The van der Waals surface area contributed by atoms with E-state index in [4.69, 9.17) is 0 Å². The molecule has 0 atom stereocenters. The molecule has 0 aliphatic heterocycles. The van der Waals surface area contributed by atoms with Crippen LogP contribution >= 0.6 is 0 Å². The lowest BCUT2D eigenvalue weighted by Gasteiger charge is -2.11. The number of rotatable bonds is 2. The molecule has 0 aromatic carbocycles. The van der Waals surface area contributed by atoms with Gasteiger partial charge in [0.1, 0.15) is 5.69 Å². The minimum atomic E-state index is -0.0400. The molecule has 1 rings (SSSR count). The van der Waals surface area contributed by atoms with Crippen LogP contribution in [0.3, 0.4) is 0 Å². The Bertz CT molecular complexity index is 280. The van der Waals surface area contributed by atoms with Gasteiger partial charge in [0.25, 0.3) is 5.91 Å². The Balaban J connectivity index is 2.78. The van der Waals surface area contributed by atoms with Gasteiger partial charge in [-0.2, -0.15) is 5.10 Å². The number of hydrogen-bond donors (Lipinski definition) is 1. The van der Waals surface area contributed by atoms with Crippen molar-refractivity contribution in [3.8, 4) is 0 Å². The molecule has 0 bridgehead atoms. The Hall–Kier alpha value is -1.32. The first kappa shape index (κ1) is 8.77. The van der Waals surface area contributed by atoms with Crippen LogP contribution in [0.2, 0.25) is 0 Å². The van der Waals surface area contributed by atoms with E-state index >= 15 is 0 Å². The van der Waals surface area contributed by atoms with Crippen LogP contribution in [0.1, 0.15) is 23.1 Å². The molecule has 0 fully saturated rings. The molecule has 66 valence electrons. The molecule has 1 N–H and O–H groups in total. The number of aromatic amines is 1. The zero-order valence-corrected chi connectivity index (χ0v) is 7.59. The number of nitrogens with one attached hydrogen (secondary N) is 1. The average Bonchev–Trinajstić information content (AvgIpc) is 2.49. The van der Waals surface area contributed by atoms with E-state index in [1.165, 1.54) is 0 Å². The summed E-state index contributed by atoms with van der Waals surface area (Å²) >= 11 is 0. The van der Waals surface area contributed by atoms with E-state index in [1.807, 2.05) is 13.8 Å². The first-order valence-electron chi connectivity index (χ1n) is 3.92. The van der Waals surface area contributed by atoms with Gasteiger partial charge in [0.15, 0.2) is 0 Å². The number of hydrogen-bond acceptors (Lipinski definition) is 2. The van der Waals surface area contributed by atoms with Crippen LogP contribution in [-0.4, -0.2) is 34.6 Å². The van der Waals surface area contributed by atoms with Gasteiger partial charge >= 0.3 is 0 Å². The van der Waals surface area contributed by atoms with Gasteiger partial charge in [-0.1, -0.05) is 0 Å². The zero-order chi connectivity index (χ0) is 9.14. The molecule has 0 unspecified atom stereocenters. The fraction of sp³-hybridized carbons (Fsp3) is 0.500. The highest BCUT2D eigenvalue weighted by molar-refractivity contribution is 5.92. The maximum Gasteiger partial charge on any atom is 0.274 e. The maximum absolute atomic E-state index is 11.4. The standard InChI is InChI=1S/C8H13N3O/c1-4-11(3)8(12)7-5-6(2)9-10-7/h5H,4H2,1-3H3,(H,9,10). The predicted octanol–water partition coefficient (Wildman–Crippen LogP) is 0.810. The second kappa shape index (κ2) is 3.38. The molecule has 0 saturated heterocycles. The van der Waals surface area contributed by atoms with Crippen LogP contribution in [0.25, 0.3) is 0 Å². The van der Waals surface area contributed by atoms with Crippen molar-refractivity contribution in [2.75, 3.05) is 13.6 Å². The summed E-state index contributed by atoms with van der Waals surface area (Å²) < 4.78 is 0. The highest BCUT2D eigenvalue weighted by Gasteiger charge is 2.12. The van der Waals surface area contributed by atoms with Gasteiger partial charge in [0, 0.05) is 19.3 Å². The number of H-pyrrole nitrogens is 1. The monoisotopic (exact) mass is 167 g/mol. The normalized spacial score (nSPS) is 9.92. The molecule has 0 radical (unpaired) electrons. The van der Waals surface area contributed by atoms with Crippen LogP contribution in [-0.2, 0) is 0 Å². The zero-order valence-electron chi connectivity index (χ0n) is 7.59. The minimum Gasteiger partial charge on any atom is -0.341 e. The number of aromatic nitrogens is 2. The van der Waals surface area contributed by atoms with E-state index in [9.17, 15) is 4.79 Å². The summed E-state index contributed by atoms with van der Waals surface area (Å²) in [5, 5.41) is 6.60. The lowest BCUT2D eigenvalue weighted by Crippen LogP contribution is -2.26. The van der Waals surface area contributed by atoms with E-state index < -0.39 is 0 Å². The first-order valence-corrected chi connectivity index (χ1v) is 3.92. The molecule has 0 aliphatic rings.